The van der Waals surface area contributed by atoms with Gasteiger partial charge < -0.3 is 10.0 Å². The van der Waals surface area contributed by atoms with Gasteiger partial charge in [0.05, 0.1) is 16.2 Å². The van der Waals surface area contributed by atoms with Gasteiger partial charge in [-0.3, -0.25) is 10.1 Å². The number of likely N-dealkylation sites (N-methyl/N-ethyl adjacent to an activating group) is 1. The first-order valence-corrected chi connectivity index (χ1v) is 7.08. The van der Waals surface area contributed by atoms with E-state index in [4.69, 9.17) is 0 Å². The van der Waals surface area contributed by atoms with Crippen molar-refractivity contribution in [2.24, 2.45) is 0 Å². The van der Waals surface area contributed by atoms with Crippen molar-refractivity contribution in [2.75, 3.05) is 18.5 Å². The van der Waals surface area contributed by atoms with E-state index in [0.29, 0.717) is 11.0 Å². The van der Waals surface area contributed by atoms with Gasteiger partial charge >= 0.3 is 0 Å². The molecule has 2 rings (SSSR count). The van der Waals surface area contributed by atoms with Crippen molar-refractivity contribution in [3.05, 3.63) is 32.8 Å². The van der Waals surface area contributed by atoms with E-state index in [1.807, 2.05) is 11.9 Å². The highest BCUT2D eigenvalue weighted by Gasteiger charge is 2.32. The smallest absolute Gasteiger partial charge is 0.270 e. The van der Waals surface area contributed by atoms with Gasteiger partial charge in [0.1, 0.15) is 0 Å². The highest BCUT2D eigenvalue weighted by Crippen LogP contribution is 2.34. The van der Waals surface area contributed by atoms with Gasteiger partial charge in [-0.2, -0.15) is 0 Å². The number of rotatable bonds is 4. The van der Waals surface area contributed by atoms with Gasteiger partial charge in [-0.05, 0) is 34.8 Å². The summed E-state index contributed by atoms with van der Waals surface area (Å²) in [5, 5.41) is 21.1. The Labute approximate surface area is 120 Å². The molecule has 0 unspecified atom stereocenters. The molecule has 1 aromatic carbocycles. The van der Waals surface area contributed by atoms with Crippen LogP contribution in [-0.4, -0.2) is 29.2 Å². The number of hydrogen-bond acceptors (Lipinski definition) is 4. The van der Waals surface area contributed by atoms with Crippen LogP contribution in [0.25, 0.3) is 0 Å². The van der Waals surface area contributed by atoms with Crippen LogP contribution in [0.1, 0.15) is 25.7 Å². The number of halogens is 1. The van der Waals surface area contributed by atoms with Crippen LogP contribution in [0.3, 0.4) is 0 Å². The fraction of sp³-hybridized carbons (Fsp3) is 0.538. The van der Waals surface area contributed by atoms with E-state index in [0.717, 1.165) is 31.4 Å². The third-order valence-corrected chi connectivity index (χ3v) is 4.25. The lowest BCUT2D eigenvalue weighted by Gasteiger charge is -2.30. The van der Waals surface area contributed by atoms with Crippen LogP contribution in [0.2, 0.25) is 0 Å². The first-order chi connectivity index (χ1) is 8.91. The predicted molar refractivity (Wildman–Crippen MR) is 77.5 cm³/mol. The summed E-state index contributed by atoms with van der Waals surface area (Å²) in [5.41, 5.74) is 0.283. The van der Waals surface area contributed by atoms with Crippen LogP contribution in [0.4, 0.5) is 11.4 Å². The number of non-ortho nitro benzene ring substituents is 1. The summed E-state index contributed by atoms with van der Waals surface area (Å²) in [5.74, 6) is 0. The van der Waals surface area contributed by atoms with E-state index in [1.165, 1.54) is 12.1 Å². The van der Waals surface area contributed by atoms with E-state index in [2.05, 4.69) is 15.9 Å². The molecular formula is C13H17BrN2O3. The quantitative estimate of drug-likeness (QED) is 0.681. The minimum absolute atomic E-state index is 0.0589. The van der Waals surface area contributed by atoms with Crippen molar-refractivity contribution in [2.45, 2.75) is 31.3 Å². The maximum Gasteiger partial charge on any atom is 0.270 e. The normalized spacial score (nSPS) is 17.4. The maximum absolute atomic E-state index is 10.7. The van der Waals surface area contributed by atoms with Crippen LogP contribution in [-0.2, 0) is 0 Å². The summed E-state index contributed by atoms with van der Waals surface area (Å²) in [6.07, 6.45) is 3.77. The molecule has 6 heteroatoms. The Morgan fingerprint density at radius 1 is 1.47 bits per heavy atom. The van der Waals surface area contributed by atoms with Gasteiger partial charge in [-0.15, -0.1) is 0 Å². The molecule has 0 saturated heterocycles. The Kier molecular flexibility index (Phi) is 4.10. The summed E-state index contributed by atoms with van der Waals surface area (Å²) in [6.45, 7) is 0.545. The first-order valence-electron chi connectivity index (χ1n) is 6.29. The Bertz CT molecular complexity index is 487. The zero-order valence-electron chi connectivity index (χ0n) is 10.8. The van der Waals surface area contributed by atoms with Gasteiger partial charge in [0.25, 0.3) is 5.69 Å². The molecule has 5 nitrogen and oxygen atoms in total. The summed E-state index contributed by atoms with van der Waals surface area (Å²) in [6, 6.07) is 4.68. The molecule has 0 heterocycles. The summed E-state index contributed by atoms with van der Waals surface area (Å²) < 4.78 is 0.672. The molecule has 0 radical (unpaired) electrons. The van der Waals surface area contributed by atoms with Crippen LogP contribution >= 0.6 is 15.9 Å². The topological polar surface area (TPSA) is 66.6 Å². The number of hydrogen-bond donors (Lipinski definition) is 1. The molecule has 0 aliphatic heterocycles. The highest BCUT2D eigenvalue weighted by molar-refractivity contribution is 9.10. The molecule has 1 aliphatic rings. The fourth-order valence-electron chi connectivity index (χ4n) is 2.64. The molecule has 104 valence electrons. The molecule has 1 aromatic rings. The second kappa shape index (κ2) is 5.46. The van der Waals surface area contributed by atoms with Crippen molar-refractivity contribution in [3.8, 4) is 0 Å². The first kappa shape index (κ1) is 14.3. The lowest BCUT2D eigenvalue weighted by atomic mass is 10.0. The average Bonchev–Trinajstić information content (AvgIpc) is 2.75. The molecule has 19 heavy (non-hydrogen) atoms. The molecule has 1 N–H and O–H groups in total. The number of nitrogens with zero attached hydrogens (tertiary/aromatic N) is 2. The zero-order chi connectivity index (χ0) is 14.0. The fourth-order valence-corrected chi connectivity index (χ4v) is 3.31. The van der Waals surface area contributed by atoms with Crippen molar-refractivity contribution in [1.29, 1.82) is 0 Å². The lowest BCUT2D eigenvalue weighted by Crippen LogP contribution is -2.39. The highest BCUT2D eigenvalue weighted by atomic mass is 79.9. The van der Waals surface area contributed by atoms with E-state index < -0.39 is 10.5 Å². The van der Waals surface area contributed by atoms with Gasteiger partial charge in [0, 0.05) is 30.2 Å². The van der Waals surface area contributed by atoms with Crippen molar-refractivity contribution in [1.82, 2.24) is 0 Å². The van der Waals surface area contributed by atoms with E-state index in [-0.39, 0.29) is 5.69 Å². The van der Waals surface area contributed by atoms with Crippen molar-refractivity contribution in [3.63, 3.8) is 0 Å². The number of anilines is 1. The van der Waals surface area contributed by atoms with E-state index in [9.17, 15) is 15.2 Å². The summed E-state index contributed by atoms with van der Waals surface area (Å²) >= 11 is 3.36. The van der Waals surface area contributed by atoms with Crippen LogP contribution < -0.4 is 4.90 Å². The van der Waals surface area contributed by atoms with Crippen LogP contribution in [0, 0.1) is 10.1 Å². The molecule has 1 fully saturated rings. The second-order valence-corrected chi connectivity index (χ2v) is 6.03. The minimum atomic E-state index is -0.629. The Balaban J connectivity index is 2.15. The molecule has 0 spiro atoms. The zero-order valence-corrected chi connectivity index (χ0v) is 12.4. The average molecular weight is 329 g/mol. The standard InChI is InChI=1S/C13H17BrN2O3/c1-15(9-13(17)6-2-3-7-13)12-5-4-10(16(18)19)8-11(12)14/h4-5,8,17H,2-3,6-7,9H2,1H3. The minimum Gasteiger partial charge on any atom is -0.388 e. The monoisotopic (exact) mass is 328 g/mol. The second-order valence-electron chi connectivity index (χ2n) is 5.18. The molecule has 0 amide bonds. The van der Waals surface area contributed by atoms with Gasteiger partial charge in [0.2, 0.25) is 0 Å². The number of aliphatic hydroxyl groups is 1. The summed E-state index contributed by atoms with van der Waals surface area (Å²) in [7, 11) is 1.89. The summed E-state index contributed by atoms with van der Waals surface area (Å²) in [4.78, 5) is 12.2. The third-order valence-electron chi connectivity index (χ3n) is 3.62. The number of nitro groups is 1. The van der Waals surface area contributed by atoms with Crippen LogP contribution in [0.15, 0.2) is 22.7 Å². The van der Waals surface area contributed by atoms with Crippen LogP contribution in [0.5, 0.6) is 0 Å². The van der Waals surface area contributed by atoms with E-state index >= 15 is 0 Å². The van der Waals surface area contributed by atoms with Gasteiger partial charge in [-0.25, -0.2) is 0 Å². The molecule has 0 bridgehead atoms. The molecule has 0 aromatic heterocycles. The Morgan fingerprint density at radius 3 is 2.63 bits per heavy atom. The third kappa shape index (κ3) is 3.25. The van der Waals surface area contributed by atoms with Crippen molar-refractivity contribution < 1.29 is 10.0 Å². The molecular weight excluding hydrogens is 312 g/mol. The Hall–Kier alpha value is -1.14. The number of benzene rings is 1. The van der Waals surface area contributed by atoms with Gasteiger partial charge in [0.15, 0.2) is 0 Å². The lowest BCUT2D eigenvalue weighted by molar-refractivity contribution is -0.384. The molecule has 1 aliphatic carbocycles. The molecule has 1 saturated carbocycles. The molecule has 0 atom stereocenters. The van der Waals surface area contributed by atoms with Crippen molar-refractivity contribution >= 4 is 27.3 Å². The van der Waals surface area contributed by atoms with E-state index in [1.54, 1.807) is 6.07 Å². The maximum atomic E-state index is 10.7. The predicted octanol–water partition coefficient (Wildman–Crippen LogP) is 3.10. The Morgan fingerprint density at radius 2 is 2.11 bits per heavy atom. The number of nitro benzene ring substituents is 1. The van der Waals surface area contributed by atoms with Gasteiger partial charge in [-0.1, -0.05) is 12.8 Å². The SMILES string of the molecule is CN(CC1(O)CCCC1)c1ccc([N+](=O)[O-])cc1Br. The largest absolute Gasteiger partial charge is 0.388 e.